The molecule has 2 fully saturated rings. The Morgan fingerprint density at radius 1 is 1.12 bits per heavy atom. The van der Waals surface area contributed by atoms with Crippen molar-refractivity contribution in [3.63, 3.8) is 0 Å². The van der Waals surface area contributed by atoms with Crippen molar-refractivity contribution in [1.29, 1.82) is 0 Å². The number of hydrogen-bond acceptors (Lipinski definition) is 6. The first-order valence-electron chi connectivity index (χ1n) is 10.2. The number of hydrogen-bond donors (Lipinski definition) is 1. The van der Waals surface area contributed by atoms with Gasteiger partial charge in [-0.05, 0) is 48.6 Å². The van der Waals surface area contributed by atoms with Crippen LogP contribution in [0.1, 0.15) is 24.6 Å². The van der Waals surface area contributed by atoms with Gasteiger partial charge in [-0.15, -0.1) is 0 Å². The van der Waals surface area contributed by atoms with Crippen LogP contribution in [0.4, 0.5) is 11.6 Å². The van der Waals surface area contributed by atoms with E-state index in [1.165, 1.54) is 6.07 Å². The van der Waals surface area contributed by atoms with E-state index in [0.717, 1.165) is 17.4 Å². The Hall–Kier alpha value is -3.46. The van der Waals surface area contributed by atoms with Gasteiger partial charge in [0.25, 0.3) is 0 Å². The lowest BCUT2D eigenvalue weighted by molar-refractivity contribution is -0.402. The number of carbonyl (C=O) groups excluding carboxylic acids is 3. The Labute approximate surface area is 187 Å². The van der Waals surface area contributed by atoms with Gasteiger partial charge in [0.05, 0.1) is 24.3 Å². The van der Waals surface area contributed by atoms with Crippen LogP contribution in [0.2, 0.25) is 5.02 Å². The fourth-order valence-electron chi connectivity index (χ4n) is 5.09. The number of carbonyl (C=O) groups is 3. The zero-order valence-corrected chi connectivity index (χ0v) is 17.4. The van der Waals surface area contributed by atoms with Gasteiger partial charge in [0.1, 0.15) is 16.7 Å². The minimum atomic E-state index is -1.08. The molecular formula is C22H18ClN3O6. The highest BCUT2D eigenvalue weighted by atomic mass is 35.5. The van der Waals surface area contributed by atoms with Gasteiger partial charge in [-0.25, -0.2) is 0 Å². The number of imide groups is 1. The summed E-state index contributed by atoms with van der Waals surface area (Å²) in [5.74, 6) is -2.61. The second-order valence-electron chi connectivity index (χ2n) is 8.25. The molecule has 1 aliphatic heterocycles. The molecule has 3 aliphatic rings. The lowest BCUT2D eigenvalue weighted by Gasteiger charge is -2.25. The summed E-state index contributed by atoms with van der Waals surface area (Å²) in [6, 6.07) is 7.86. The van der Waals surface area contributed by atoms with Gasteiger partial charge in [-0.1, -0.05) is 23.8 Å². The van der Waals surface area contributed by atoms with E-state index in [0.29, 0.717) is 10.7 Å². The standard InChI is InChI=1S/C22H18ClN3O6/c23-13-3-5-14(6-4-13)24-17(27)10-15(16-7-8-18(32-16)26(30)31)25-21(28)19-11-1-2-12(9-11)20(19)22(25)29/h1-8,11-12,15,19-20H,9-10H2,(H,24,27). The predicted octanol–water partition coefficient (Wildman–Crippen LogP) is 3.72. The van der Waals surface area contributed by atoms with E-state index in [1.807, 2.05) is 12.2 Å². The van der Waals surface area contributed by atoms with Crippen LogP contribution in [0.25, 0.3) is 0 Å². The number of anilines is 1. The van der Waals surface area contributed by atoms with E-state index in [4.69, 9.17) is 16.0 Å². The van der Waals surface area contributed by atoms with Crippen molar-refractivity contribution < 1.29 is 23.7 Å². The number of furan rings is 1. The molecule has 1 saturated carbocycles. The number of likely N-dealkylation sites (tertiary alicyclic amines) is 1. The van der Waals surface area contributed by atoms with Crippen LogP contribution in [0, 0.1) is 33.8 Å². The van der Waals surface area contributed by atoms with Crippen LogP contribution < -0.4 is 5.32 Å². The van der Waals surface area contributed by atoms with E-state index in [1.54, 1.807) is 24.3 Å². The lowest BCUT2D eigenvalue weighted by atomic mass is 9.85. The third-order valence-electron chi connectivity index (χ3n) is 6.44. The number of amides is 3. The second kappa shape index (κ2) is 7.59. The fraction of sp³-hybridized carbons (Fsp3) is 0.318. The molecule has 2 bridgehead atoms. The molecule has 1 aromatic carbocycles. The van der Waals surface area contributed by atoms with Crippen LogP contribution in [0.15, 0.2) is 53.0 Å². The molecule has 0 radical (unpaired) electrons. The minimum absolute atomic E-state index is 0.000862. The second-order valence-corrected chi connectivity index (χ2v) is 8.69. The summed E-state index contributed by atoms with van der Waals surface area (Å²) in [7, 11) is 0. The SMILES string of the molecule is O=C(CC(c1ccc([N+](=O)[O-])o1)N1C(=O)C2C3C=CC(C3)C2C1=O)Nc1ccc(Cl)cc1. The number of allylic oxidation sites excluding steroid dienone is 2. The molecule has 1 saturated heterocycles. The largest absolute Gasteiger partial charge is 0.433 e. The molecule has 0 spiro atoms. The average Bonchev–Trinajstić information content (AvgIpc) is 3.53. The van der Waals surface area contributed by atoms with Gasteiger partial charge in [-0.3, -0.25) is 29.4 Å². The molecule has 2 aromatic rings. The highest BCUT2D eigenvalue weighted by molar-refractivity contribution is 6.30. The number of nitro groups is 1. The summed E-state index contributed by atoms with van der Waals surface area (Å²) in [6.45, 7) is 0. The molecule has 3 amide bonds. The zero-order chi connectivity index (χ0) is 22.6. The fourth-order valence-corrected chi connectivity index (χ4v) is 5.22. The monoisotopic (exact) mass is 455 g/mol. The van der Waals surface area contributed by atoms with Gasteiger partial charge in [0, 0.05) is 10.7 Å². The number of fused-ring (bicyclic) bond motifs is 5. The molecule has 5 atom stereocenters. The van der Waals surface area contributed by atoms with Gasteiger partial charge >= 0.3 is 5.88 Å². The van der Waals surface area contributed by atoms with Crippen molar-refractivity contribution in [2.75, 3.05) is 5.32 Å². The highest BCUT2D eigenvalue weighted by Gasteiger charge is 2.61. The summed E-state index contributed by atoms with van der Waals surface area (Å²) in [6.07, 6.45) is 4.42. The summed E-state index contributed by atoms with van der Waals surface area (Å²) < 4.78 is 5.32. The minimum Gasteiger partial charge on any atom is -0.404 e. The van der Waals surface area contributed by atoms with Crippen molar-refractivity contribution >= 4 is 40.9 Å². The number of nitrogens with zero attached hydrogens (tertiary/aromatic N) is 2. The summed E-state index contributed by atoms with van der Waals surface area (Å²) in [5, 5.41) is 14.3. The molecule has 2 aliphatic carbocycles. The van der Waals surface area contributed by atoms with Crippen molar-refractivity contribution in [3.05, 3.63) is 69.4 Å². The number of halogens is 1. The van der Waals surface area contributed by atoms with Gasteiger partial charge in [-0.2, -0.15) is 0 Å². The molecule has 1 aromatic heterocycles. The van der Waals surface area contributed by atoms with Crippen molar-refractivity contribution in [3.8, 4) is 0 Å². The molecule has 5 rings (SSSR count). The topological polar surface area (TPSA) is 123 Å². The quantitative estimate of drug-likeness (QED) is 0.306. The zero-order valence-electron chi connectivity index (χ0n) is 16.6. The maximum absolute atomic E-state index is 13.3. The Balaban J connectivity index is 1.44. The molecule has 164 valence electrons. The van der Waals surface area contributed by atoms with Crippen molar-refractivity contribution in [1.82, 2.24) is 4.90 Å². The van der Waals surface area contributed by atoms with E-state index >= 15 is 0 Å². The lowest BCUT2D eigenvalue weighted by Crippen LogP contribution is -2.38. The van der Waals surface area contributed by atoms with Gasteiger partial charge < -0.3 is 9.73 Å². The Morgan fingerprint density at radius 3 is 2.31 bits per heavy atom. The molecular weight excluding hydrogens is 438 g/mol. The third kappa shape index (κ3) is 3.29. The van der Waals surface area contributed by atoms with Crippen LogP contribution in [-0.2, 0) is 14.4 Å². The maximum atomic E-state index is 13.3. The van der Waals surface area contributed by atoms with E-state index in [9.17, 15) is 24.5 Å². The number of nitrogens with one attached hydrogen (secondary N) is 1. The van der Waals surface area contributed by atoms with Crippen LogP contribution in [-0.4, -0.2) is 27.5 Å². The molecule has 32 heavy (non-hydrogen) atoms. The van der Waals surface area contributed by atoms with Gasteiger partial charge in [0.2, 0.25) is 17.7 Å². The molecule has 10 heteroatoms. The van der Waals surface area contributed by atoms with Crippen LogP contribution >= 0.6 is 11.6 Å². The first-order chi connectivity index (χ1) is 15.3. The Morgan fingerprint density at radius 2 is 1.75 bits per heavy atom. The van der Waals surface area contributed by atoms with Crippen LogP contribution in [0.3, 0.4) is 0 Å². The molecule has 5 unspecified atom stereocenters. The summed E-state index contributed by atoms with van der Waals surface area (Å²) in [5.41, 5.74) is 0.488. The first kappa shape index (κ1) is 20.4. The van der Waals surface area contributed by atoms with Gasteiger partial charge in [0.15, 0.2) is 0 Å². The van der Waals surface area contributed by atoms with Crippen molar-refractivity contribution in [2.45, 2.75) is 18.9 Å². The van der Waals surface area contributed by atoms with Crippen molar-refractivity contribution in [2.24, 2.45) is 23.7 Å². The predicted molar refractivity (Wildman–Crippen MR) is 112 cm³/mol. The summed E-state index contributed by atoms with van der Waals surface area (Å²) in [4.78, 5) is 50.8. The molecule has 9 nitrogen and oxygen atoms in total. The summed E-state index contributed by atoms with van der Waals surface area (Å²) >= 11 is 5.87. The van der Waals surface area contributed by atoms with Crippen LogP contribution in [0.5, 0.6) is 0 Å². The normalized spacial score (nSPS) is 26.5. The van der Waals surface area contributed by atoms with E-state index < -0.39 is 34.6 Å². The Bertz CT molecular complexity index is 1130. The third-order valence-corrected chi connectivity index (χ3v) is 6.70. The number of rotatable bonds is 6. The maximum Gasteiger partial charge on any atom is 0.433 e. The highest BCUT2D eigenvalue weighted by Crippen LogP contribution is 2.54. The number of benzene rings is 1. The Kier molecular flexibility index (Phi) is 4.85. The van der Waals surface area contributed by atoms with E-state index in [2.05, 4.69) is 5.32 Å². The smallest absolute Gasteiger partial charge is 0.404 e. The molecule has 2 heterocycles. The molecule has 1 N–H and O–H groups in total. The average molecular weight is 456 g/mol. The van der Waals surface area contributed by atoms with E-state index in [-0.39, 0.29) is 35.8 Å². The first-order valence-corrected chi connectivity index (χ1v) is 10.6.